The van der Waals surface area contributed by atoms with Crippen molar-refractivity contribution in [3.8, 4) is 0 Å². The molecule has 1 aromatic rings. The maximum absolute atomic E-state index is 12.3. The van der Waals surface area contributed by atoms with Crippen LogP contribution >= 0.6 is 24.2 Å². The van der Waals surface area contributed by atoms with Crippen molar-refractivity contribution in [1.82, 2.24) is 0 Å². The number of hydrogen-bond acceptors (Lipinski definition) is 1. The molecule has 0 aromatic heterocycles. The van der Waals surface area contributed by atoms with E-state index in [-0.39, 0.29) is 15.5 Å². The SMILES string of the molecule is Cc1c(C(F)(F)F)ccc(Cl)c1S. The molecule has 0 saturated carbocycles. The summed E-state index contributed by atoms with van der Waals surface area (Å²) < 4.78 is 36.9. The highest BCUT2D eigenvalue weighted by molar-refractivity contribution is 7.80. The predicted octanol–water partition coefficient (Wildman–Crippen LogP) is 3.96. The third kappa shape index (κ3) is 2.11. The summed E-state index contributed by atoms with van der Waals surface area (Å²) in [5.74, 6) is 0. The van der Waals surface area contributed by atoms with Crippen LogP contribution in [0.3, 0.4) is 0 Å². The molecule has 0 aliphatic rings. The third-order valence-electron chi connectivity index (χ3n) is 1.69. The molecule has 0 saturated heterocycles. The second-order valence-electron chi connectivity index (χ2n) is 2.57. The van der Waals surface area contributed by atoms with Crippen LogP contribution in [0.1, 0.15) is 11.1 Å². The molecule has 0 bridgehead atoms. The minimum atomic E-state index is -4.34. The maximum atomic E-state index is 12.3. The van der Waals surface area contributed by atoms with Crippen LogP contribution in [-0.4, -0.2) is 0 Å². The lowest BCUT2D eigenvalue weighted by Crippen LogP contribution is -2.07. The van der Waals surface area contributed by atoms with Crippen molar-refractivity contribution in [1.29, 1.82) is 0 Å². The van der Waals surface area contributed by atoms with Gasteiger partial charge in [-0.15, -0.1) is 12.6 Å². The second kappa shape index (κ2) is 3.42. The molecule has 5 heteroatoms. The molecule has 0 nitrogen and oxygen atoms in total. The van der Waals surface area contributed by atoms with Gasteiger partial charge in [0, 0.05) is 4.90 Å². The Kier molecular flexibility index (Phi) is 2.82. The molecule has 0 spiro atoms. The number of halogens is 4. The highest BCUT2D eigenvalue weighted by Crippen LogP contribution is 2.36. The molecule has 0 N–H and O–H groups in total. The quantitative estimate of drug-likeness (QED) is 0.636. The molecule has 1 aromatic carbocycles. The van der Waals surface area contributed by atoms with E-state index in [0.717, 1.165) is 6.07 Å². The number of alkyl halides is 3. The van der Waals surface area contributed by atoms with Gasteiger partial charge >= 0.3 is 6.18 Å². The molecule has 72 valence electrons. The highest BCUT2D eigenvalue weighted by atomic mass is 35.5. The zero-order chi connectivity index (χ0) is 10.2. The molecular formula is C8H6ClF3S. The second-order valence-corrected chi connectivity index (χ2v) is 3.42. The van der Waals surface area contributed by atoms with Crippen molar-refractivity contribution in [2.24, 2.45) is 0 Å². The normalized spacial score (nSPS) is 11.8. The van der Waals surface area contributed by atoms with E-state index in [2.05, 4.69) is 12.6 Å². The first-order valence-corrected chi connectivity index (χ1v) is 4.22. The van der Waals surface area contributed by atoms with Crippen LogP contribution in [0.25, 0.3) is 0 Å². The molecule has 0 radical (unpaired) electrons. The molecule has 0 unspecified atom stereocenters. The molecule has 1 rings (SSSR count). The molecule has 0 heterocycles. The van der Waals surface area contributed by atoms with E-state index in [0.29, 0.717) is 0 Å². The fraction of sp³-hybridized carbons (Fsp3) is 0.250. The summed E-state index contributed by atoms with van der Waals surface area (Å²) in [6.45, 7) is 1.34. The van der Waals surface area contributed by atoms with Crippen molar-refractivity contribution >= 4 is 24.2 Å². The van der Waals surface area contributed by atoms with Crippen LogP contribution in [0.2, 0.25) is 5.02 Å². The Labute approximate surface area is 84.1 Å². The largest absolute Gasteiger partial charge is 0.416 e. The van der Waals surface area contributed by atoms with Gasteiger partial charge in [-0.25, -0.2) is 0 Å². The fourth-order valence-corrected chi connectivity index (χ4v) is 1.37. The van der Waals surface area contributed by atoms with Gasteiger partial charge in [-0.2, -0.15) is 13.2 Å². The number of benzene rings is 1. The summed E-state index contributed by atoms with van der Waals surface area (Å²) in [5, 5.41) is 0.230. The maximum Gasteiger partial charge on any atom is 0.416 e. The Hall–Kier alpha value is -0.350. The summed E-state index contributed by atoms with van der Waals surface area (Å²) in [6, 6.07) is 2.15. The van der Waals surface area contributed by atoms with E-state index in [1.807, 2.05) is 0 Å². The summed E-state index contributed by atoms with van der Waals surface area (Å²) in [7, 11) is 0. The molecule has 0 atom stereocenters. The zero-order valence-electron chi connectivity index (χ0n) is 6.61. The predicted molar refractivity (Wildman–Crippen MR) is 48.4 cm³/mol. The standard InChI is InChI=1S/C8H6ClF3S/c1-4-5(8(10,11)12)2-3-6(9)7(4)13/h2-3,13H,1H3. The average molecular weight is 227 g/mol. The lowest BCUT2D eigenvalue weighted by molar-refractivity contribution is -0.138. The minimum Gasteiger partial charge on any atom is -0.166 e. The van der Waals surface area contributed by atoms with Crippen LogP contribution in [0.15, 0.2) is 17.0 Å². The Bertz CT molecular complexity index is 333. The van der Waals surface area contributed by atoms with Gasteiger partial charge in [0.2, 0.25) is 0 Å². The molecule has 0 aliphatic carbocycles. The Morgan fingerprint density at radius 3 is 2.31 bits per heavy atom. The Balaban J connectivity index is 3.35. The average Bonchev–Trinajstić information content (AvgIpc) is 1.98. The first kappa shape index (κ1) is 10.7. The molecule has 13 heavy (non-hydrogen) atoms. The van der Waals surface area contributed by atoms with E-state index >= 15 is 0 Å². The topological polar surface area (TPSA) is 0 Å². The summed E-state index contributed by atoms with van der Waals surface area (Å²) in [6.07, 6.45) is -4.34. The van der Waals surface area contributed by atoms with Gasteiger partial charge in [-0.1, -0.05) is 11.6 Å². The number of thiol groups is 1. The Morgan fingerprint density at radius 1 is 1.31 bits per heavy atom. The van der Waals surface area contributed by atoms with Crippen LogP contribution in [0.4, 0.5) is 13.2 Å². The van der Waals surface area contributed by atoms with E-state index in [1.54, 1.807) is 0 Å². The Morgan fingerprint density at radius 2 is 1.85 bits per heavy atom. The molecule has 0 amide bonds. The van der Waals surface area contributed by atoms with Crippen molar-refractivity contribution in [3.05, 3.63) is 28.3 Å². The van der Waals surface area contributed by atoms with Gasteiger partial charge in [0.05, 0.1) is 10.6 Å². The molecular weight excluding hydrogens is 221 g/mol. The van der Waals surface area contributed by atoms with Crippen molar-refractivity contribution in [2.45, 2.75) is 18.0 Å². The van der Waals surface area contributed by atoms with Crippen LogP contribution in [-0.2, 0) is 6.18 Å². The van der Waals surface area contributed by atoms with Crippen molar-refractivity contribution in [2.75, 3.05) is 0 Å². The number of hydrogen-bond donors (Lipinski definition) is 1. The van der Waals surface area contributed by atoms with E-state index in [9.17, 15) is 13.2 Å². The van der Waals surface area contributed by atoms with Gasteiger partial charge in [0.25, 0.3) is 0 Å². The van der Waals surface area contributed by atoms with Crippen LogP contribution < -0.4 is 0 Å². The zero-order valence-corrected chi connectivity index (χ0v) is 8.26. The number of rotatable bonds is 0. The van der Waals surface area contributed by atoms with Gasteiger partial charge < -0.3 is 0 Å². The molecule has 0 aliphatic heterocycles. The van der Waals surface area contributed by atoms with Crippen molar-refractivity contribution < 1.29 is 13.2 Å². The first-order valence-electron chi connectivity index (χ1n) is 3.39. The van der Waals surface area contributed by atoms with E-state index < -0.39 is 11.7 Å². The lowest BCUT2D eigenvalue weighted by atomic mass is 10.1. The van der Waals surface area contributed by atoms with E-state index in [1.165, 1.54) is 13.0 Å². The van der Waals surface area contributed by atoms with Gasteiger partial charge in [-0.3, -0.25) is 0 Å². The smallest absolute Gasteiger partial charge is 0.166 e. The highest BCUT2D eigenvalue weighted by Gasteiger charge is 2.33. The van der Waals surface area contributed by atoms with Crippen molar-refractivity contribution in [3.63, 3.8) is 0 Å². The summed E-state index contributed by atoms with van der Waals surface area (Å²) in [4.78, 5) is 0.177. The first-order chi connectivity index (χ1) is 5.84. The lowest BCUT2D eigenvalue weighted by Gasteiger charge is -2.12. The van der Waals surface area contributed by atoms with Crippen LogP contribution in [0, 0.1) is 6.92 Å². The third-order valence-corrected chi connectivity index (χ3v) is 2.71. The van der Waals surface area contributed by atoms with Gasteiger partial charge in [0.1, 0.15) is 0 Å². The fourth-order valence-electron chi connectivity index (χ4n) is 0.974. The monoisotopic (exact) mass is 226 g/mol. The summed E-state index contributed by atoms with van der Waals surface area (Å²) >= 11 is 9.47. The minimum absolute atomic E-state index is 0.0586. The molecule has 0 fully saturated rings. The van der Waals surface area contributed by atoms with Crippen LogP contribution in [0.5, 0.6) is 0 Å². The van der Waals surface area contributed by atoms with Gasteiger partial charge in [0.15, 0.2) is 0 Å². The summed E-state index contributed by atoms with van der Waals surface area (Å²) in [5.41, 5.74) is -0.634. The van der Waals surface area contributed by atoms with E-state index in [4.69, 9.17) is 11.6 Å². The van der Waals surface area contributed by atoms with Gasteiger partial charge in [-0.05, 0) is 24.6 Å².